The Morgan fingerprint density at radius 3 is 2.61 bits per heavy atom. The number of nitrogens with one attached hydrogen (secondary N) is 1. The molecule has 0 bridgehead atoms. The Hall–Kier alpha value is -1.60. The highest BCUT2D eigenvalue weighted by Crippen LogP contribution is 2.28. The summed E-state index contributed by atoms with van der Waals surface area (Å²) in [6.45, 7) is 2.13. The van der Waals surface area contributed by atoms with Gasteiger partial charge in [0.25, 0.3) is 0 Å². The van der Waals surface area contributed by atoms with E-state index < -0.39 is 0 Å². The van der Waals surface area contributed by atoms with Gasteiger partial charge in [0, 0.05) is 6.54 Å². The molecule has 2 aromatic rings. The van der Waals surface area contributed by atoms with Crippen LogP contribution in [0.5, 0.6) is 0 Å². The van der Waals surface area contributed by atoms with Crippen LogP contribution in [-0.4, -0.2) is 6.54 Å². The second-order valence-corrected chi connectivity index (χ2v) is 5.05. The number of rotatable bonds is 2. The molecular formula is C17H19N. The van der Waals surface area contributed by atoms with Gasteiger partial charge in [-0.15, -0.1) is 0 Å². The fourth-order valence-electron chi connectivity index (χ4n) is 2.86. The van der Waals surface area contributed by atoms with Crippen LogP contribution < -0.4 is 5.32 Å². The Bertz CT molecular complexity index is 504. The molecule has 1 aliphatic heterocycles. The molecule has 0 aromatic heterocycles. The zero-order valence-electron chi connectivity index (χ0n) is 10.6. The molecule has 2 aromatic carbocycles. The third kappa shape index (κ3) is 2.46. The van der Waals surface area contributed by atoms with E-state index in [1.54, 1.807) is 0 Å². The number of benzene rings is 2. The van der Waals surface area contributed by atoms with E-state index in [0.717, 1.165) is 19.5 Å². The highest BCUT2D eigenvalue weighted by atomic mass is 14.9. The van der Waals surface area contributed by atoms with E-state index >= 15 is 0 Å². The Morgan fingerprint density at radius 1 is 0.944 bits per heavy atom. The molecule has 92 valence electrons. The van der Waals surface area contributed by atoms with Gasteiger partial charge in [-0.25, -0.2) is 0 Å². The Morgan fingerprint density at radius 2 is 1.72 bits per heavy atom. The van der Waals surface area contributed by atoms with Gasteiger partial charge in [0.05, 0.1) is 0 Å². The highest BCUT2D eigenvalue weighted by Gasteiger charge is 2.18. The second kappa shape index (κ2) is 5.36. The standard InChI is InChI=1S/C17H19N/c1-2-6-14(7-3-1)12-15-10-11-18-13-16-8-4-5-9-17(15)16/h1-9,15,18H,10-13H2/t15-/m1/s1. The summed E-state index contributed by atoms with van der Waals surface area (Å²) < 4.78 is 0. The predicted octanol–water partition coefficient (Wildman–Crippen LogP) is 3.51. The van der Waals surface area contributed by atoms with Crippen LogP contribution in [0.4, 0.5) is 0 Å². The summed E-state index contributed by atoms with van der Waals surface area (Å²) in [6.07, 6.45) is 2.38. The van der Waals surface area contributed by atoms with Gasteiger partial charge in [0.1, 0.15) is 0 Å². The van der Waals surface area contributed by atoms with Crippen molar-refractivity contribution in [2.75, 3.05) is 6.54 Å². The largest absolute Gasteiger partial charge is 0.313 e. The van der Waals surface area contributed by atoms with Crippen LogP contribution in [0.2, 0.25) is 0 Å². The van der Waals surface area contributed by atoms with Crippen LogP contribution in [-0.2, 0) is 13.0 Å². The SMILES string of the molecule is c1ccc(C[C@H]2CCNCc3ccccc32)cc1. The molecule has 0 spiro atoms. The summed E-state index contributed by atoms with van der Waals surface area (Å²) in [5, 5.41) is 3.52. The molecule has 0 unspecified atom stereocenters. The summed E-state index contributed by atoms with van der Waals surface area (Å²) in [5.41, 5.74) is 4.45. The van der Waals surface area contributed by atoms with Crippen LogP contribution in [0.1, 0.15) is 29.0 Å². The molecule has 0 saturated heterocycles. The summed E-state index contributed by atoms with van der Waals surface area (Å²) in [6, 6.07) is 19.7. The topological polar surface area (TPSA) is 12.0 Å². The molecular weight excluding hydrogens is 218 g/mol. The third-order valence-corrected chi connectivity index (χ3v) is 3.80. The maximum atomic E-state index is 3.52. The molecule has 3 rings (SSSR count). The average Bonchev–Trinajstić information content (AvgIpc) is 2.63. The van der Waals surface area contributed by atoms with Crippen molar-refractivity contribution >= 4 is 0 Å². The molecule has 18 heavy (non-hydrogen) atoms. The lowest BCUT2D eigenvalue weighted by atomic mass is 9.87. The van der Waals surface area contributed by atoms with Crippen molar-refractivity contribution in [3.05, 3.63) is 71.3 Å². The van der Waals surface area contributed by atoms with Crippen LogP contribution in [0, 0.1) is 0 Å². The van der Waals surface area contributed by atoms with Crippen molar-refractivity contribution in [2.24, 2.45) is 0 Å². The molecule has 0 amide bonds. The van der Waals surface area contributed by atoms with Crippen LogP contribution in [0.15, 0.2) is 54.6 Å². The molecule has 1 heteroatoms. The Kier molecular flexibility index (Phi) is 3.42. The van der Waals surface area contributed by atoms with E-state index in [4.69, 9.17) is 0 Å². The first-order valence-corrected chi connectivity index (χ1v) is 6.76. The first-order chi connectivity index (χ1) is 8.93. The fraction of sp³-hybridized carbons (Fsp3) is 0.294. The lowest BCUT2D eigenvalue weighted by Gasteiger charge is -2.17. The molecule has 1 aliphatic rings. The van der Waals surface area contributed by atoms with Gasteiger partial charge in [0.2, 0.25) is 0 Å². The minimum absolute atomic E-state index is 0.651. The van der Waals surface area contributed by atoms with Crippen LogP contribution >= 0.6 is 0 Å². The van der Waals surface area contributed by atoms with Crippen LogP contribution in [0.3, 0.4) is 0 Å². The van der Waals surface area contributed by atoms with Crippen molar-refractivity contribution < 1.29 is 0 Å². The zero-order valence-corrected chi connectivity index (χ0v) is 10.6. The fourth-order valence-corrected chi connectivity index (χ4v) is 2.86. The molecule has 1 heterocycles. The molecule has 1 N–H and O–H groups in total. The molecule has 1 nitrogen and oxygen atoms in total. The summed E-state index contributed by atoms with van der Waals surface area (Å²) in [4.78, 5) is 0. The Labute approximate surface area is 109 Å². The van der Waals surface area contributed by atoms with Crippen molar-refractivity contribution in [3.8, 4) is 0 Å². The van der Waals surface area contributed by atoms with Crippen molar-refractivity contribution in [1.82, 2.24) is 5.32 Å². The van der Waals surface area contributed by atoms with Gasteiger partial charge < -0.3 is 5.32 Å². The normalized spacial score (nSPS) is 19.0. The smallest absolute Gasteiger partial charge is 0.0208 e. The molecule has 0 radical (unpaired) electrons. The molecule has 0 fully saturated rings. The monoisotopic (exact) mass is 237 g/mol. The number of fused-ring (bicyclic) bond motifs is 1. The van der Waals surface area contributed by atoms with E-state index in [9.17, 15) is 0 Å². The maximum absolute atomic E-state index is 3.52. The molecule has 0 aliphatic carbocycles. The zero-order chi connectivity index (χ0) is 12.2. The minimum atomic E-state index is 0.651. The second-order valence-electron chi connectivity index (χ2n) is 5.05. The van der Waals surface area contributed by atoms with Gasteiger partial charge in [-0.1, -0.05) is 54.6 Å². The van der Waals surface area contributed by atoms with Gasteiger partial charge in [0.15, 0.2) is 0 Å². The summed E-state index contributed by atoms with van der Waals surface area (Å²) in [5.74, 6) is 0.651. The summed E-state index contributed by atoms with van der Waals surface area (Å²) >= 11 is 0. The maximum Gasteiger partial charge on any atom is 0.0208 e. The molecule has 1 atom stereocenters. The quantitative estimate of drug-likeness (QED) is 0.843. The molecule has 0 saturated carbocycles. The highest BCUT2D eigenvalue weighted by molar-refractivity contribution is 5.33. The average molecular weight is 237 g/mol. The van der Waals surface area contributed by atoms with E-state index in [0.29, 0.717) is 5.92 Å². The predicted molar refractivity (Wildman–Crippen MR) is 75.7 cm³/mol. The van der Waals surface area contributed by atoms with Gasteiger partial charge in [-0.2, -0.15) is 0 Å². The van der Waals surface area contributed by atoms with E-state index in [1.165, 1.54) is 23.1 Å². The summed E-state index contributed by atoms with van der Waals surface area (Å²) in [7, 11) is 0. The Balaban J connectivity index is 1.88. The van der Waals surface area contributed by atoms with Crippen molar-refractivity contribution in [3.63, 3.8) is 0 Å². The number of hydrogen-bond donors (Lipinski definition) is 1. The number of hydrogen-bond acceptors (Lipinski definition) is 1. The first kappa shape index (κ1) is 11.5. The van der Waals surface area contributed by atoms with E-state index in [-0.39, 0.29) is 0 Å². The van der Waals surface area contributed by atoms with Crippen molar-refractivity contribution in [2.45, 2.75) is 25.3 Å². The third-order valence-electron chi connectivity index (χ3n) is 3.80. The first-order valence-electron chi connectivity index (χ1n) is 6.76. The minimum Gasteiger partial charge on any atom is -0.313 e. The van der Waals surface area contributed by atoms with Gasteiger partial charge >= 0.3 is 0 Å². The van der Waals surface area contributed by atoms with Gasteiger partial charge in [-0.3, -0.25) is 0 Å². The lowest BCUT2D eigenvalue weighted by Crippen LogP contribution is -2.12. The van der Waals surface area contributed by atoms with Crippen LogP contribution in [0.25, 0.3) is 0 Å². The van der Waals surface area contributed by atoms with E-state index in [1.807, 2.05) is 0 Å². The van der Waals surface area contributed by atoms with Crippen molar-refractivity contribution in [1.29, 1.82) is 0 Å². The lowest BCUT2D eigenvalue weighted by molar-refractivity contribution is 0.595. The van der Waals surface area contributed by atoms with Gasteiger partial charge in [-0.05, 0) is 42.0 Å². The van der Waals surface area contributed by atoms with E-state index in [2.05, 4.69) is 59.9 Å².